The number of ketones is 1. The molecule has 28 heavy (non-hydrogen) atoms. The number of nitrogens with zero attached hydrogens (tertiary/aromatic N) is 2. The van der Waals surface area contributed by atoms with Gasteiger partial charge in [0.05, 0.1) is 12.5 Å². The second kappa shape index (κ2) is 8.69. The van der Waals surface area contributed by atoms with Crippen molar-refractivity contribution >= 4 is 11.8 Å². The number of Topliss-reactive ketones (excluding diaryl/α,β-unsaturated/α-hetero) is 1. The van der Waals surface area contributed by atoms with Crippen LogP contribution in [0.1, 0.15) is 40.2 Å². The molecule has 1 fully saturated rings. The Bertz CT molecular complexity index is 857. The van der Waals surface area contributed by atoms with Gasteiger partial charge in [-0.15, -0.1) is 0 Å². The highest BCUT2D eigenvalue weighted by atomic mass is 19.1. The third-order valence-corrected chi connectivity index (χ3v) is 5.63. The maximum Gasteiger partial charge on any atom is 0.307 e. The van der Waals surface area contributed by atoms with Gasteiger partial charge in [0.1, 0.15) is 5.82 Å². The Morgan fingerprint density at radius 1 is 1.21 bits per heavy atom. The molecule has 0 aliphatic carbocycles. The van der Waals surface area contributed by atoms with Crippen LogP contribution in [0.4, 0.5) is 4.39 Å². The number of benzene rings is 1. The van der Waals surface area contributed by atoms with Gasteiger partial charge in [-0.05, 0) is 63.4 Å². The van der Waals surface area contributed by atoms with Crippen molar-refractivity contribution in [3.05, 3.63) is 58.7 Å². The van der Waals surface area contributed by atoms with E-state index < -0.39 is 5.97 Å². The van der Waals surface area contributed by atoms with E-state index in [9.17, 15) is 19.1 Å². The first-order valence-electron chi connectivity index (χ1n) is 9.74. The quantitative estimate of drug-likeness (QED) is 0.740. The SMILES string of the molecule is Cc1cc(C(=O)CN2CCCC(C(=O)O)C2)c(C)n1CCc1ccc(F)cc1. The van der Waals surface area contributed by atoms with Crippen molar-refractivity contribution in [2.45, 2.75) is 39.7 Å². The number of likely N-dealkylation sites (tertiary alicyclic amines) is 1. The minimum absolute atomic E-state index is 0.0344. The van der Waals surface area contributed by atoms with Crippen LogP contribution >= 0.6 is 0 Å². The van der Waals surface area contributed by atoms with Crippen LogP contribution in [0.15, 0.2) is 30.3 Å². The predicted octanol–water partition coefficient (Wildman–Crippen LogP) is 3.47. The lowest BCUT2D eigenvalue weighted by Crippen LogP contribution is -2.41. The molecular weight excluding hydrogens is 359 g/mol. The molecule has 0 amide bonds. The lowest BCUT2D eigenvalue weighted by molar-refractivity contribution is -0.143. The van der Waals surface area contributed by atoms with Gasteiger partial charge in [-0.2, -0.15) is 0 Å². The number of carboxylic acids is 1. The van der Waals surface area contributed by atoms with E-state index in [4.69, 9.17) is 0 Å². The monoisotopic (exact) mass is 386 g/mol. The molecule has 6 heteroatoms. The van der Waals surface area contributed by atoms with Crippen molar-refractivity contribution in [1.82, 2.24) is 9.47 Å². The van der Waals surface area contributed by atoms with Crippen molar-refractivity contribution in [3.8, 4) is 0 Å². The zero-order valence-corrected chi connectivity index (χ0v) is 16.4. The molecule has 1 aliphatic heterocycles. The Balaban J connectivity index is 1.65. The first kappa shape index (κ1) is 20.3. The standard InChI is InChI=1S/C22H27FN2O3/c1-15-12-20(21(26)14-24-10-3-4-18(13-24)22(27)28)16(2)25(15)11-9-17-5-7-19(23)8-6-17/h5-8,12,18H,3-4,9-11,13-14H2,1-2H3,(H,27,28). The topological polar surface area (TPSA) is 62.5 Å². The summed E-state index contributed by atoms with van der Waals surface area (Å²) < 4.78 is 15.2. The summed E-state index contributed by atoms with van der Waals surface area (Å²) >= 11 is 0. The third-order valence-electron chi connectivity index (χ3n) is 5.63. The Morgan fingerprint density at radius 2 is 1.93 bits per heavy atom. The first-order valence-corrected chi connectivity index (χ1v) is 9.74. The summed E-state index contributed by atoms with van der Waals surface area (Å²) in [5.41, 5.74) is 3.70. The fourth-order valence-electron chi connectivity index (χ4n) is 4.01. The van der Waals surface area contributed by atoms with E-state index in [-0.39, 0.29) is 24.1 Å². The maximum atomic E-state index is 13.1. The van der Waals surface area contributed by atoms with E-state index in [2.05, 4.69) is 4.57 Å². The average Bonchev–Trinajstić information content (AvgIpc) is 2.95. The highest BCUT2D eigenvalue weighted by Crippen LogP contribution is 2.20. The molecule has 0 saturated carbocycles. The molecule has 1 aromatic carbocycles. The van der Waals surface area contributed by atoms with Crippen molar-refractivity contribution in [1.29, 1.82) is 0 Å². The number of aromatic nitrogens is 1. The summed E-state index contributed by atoms with van der Waals surface area (Å²) in [6.45, 7) is 6.10. The summed E-state index contributed by atoms with van der Waals surface area (Å²) in [6, 6.07) is 8.40. The number of piperidine rings is 1. The van der Waals surface area contributed by atoms with E-state index in [1.54, 1.807) is 12.1 Å². The van der Waals surface area contributed by atoms with E-state index in [1.807, 2.05) is 24.8 Å². The van der Waals surface area contributed by atoms with Gasteiger partial charge in [-0.25, -0.2) is 4.39 Å². The van der Waals surface area contributed by atoms with E-state index in [0.717, 1.165) is 42.9 Å². The number of aliphatic carboxylic acids is 1. The summed E-state index contributed by atoms with van der Waals surface area (Å²) in [4.78, 5) is 26.0. The van der Waals surface area contributed by atoms with Gasteiger partial charge in [0.15, 0.2) is 5.78 Å². The number of rotatable bonds is 7. The van der Waals surface area contributed by atoms with E-state index in [0.29, 0.717) is 18.5 Å². The molecular formula is C22H27FN2O3. The summed E-state index contributed by atoms with van der Waals surface area (Å²) in [5.74, 6) is -1.37. The van der Waals surface area contributed by atoms with Gasteiger partial charge in [-0.3, -0.25) is 14.5 Å². The lowest BCUT2D eigenvalue weighted by Gasteiger charge is -2.29. The Kier molecular flexibility index (Phi) is 6.29. The van der Waals surface area contributed by atoms with Crippen LogP contribution in [-0.2, 0) is 17.8 Å². The number of carbonyl (C=O) groups excluding carboxylic acids is 1. The van der Waals surface area contributed by atoms with Gasteiger partial charge in [0, 0.05) is 30.0 Å². The fraction of sp³-hybridized carbons (Fsp3) is 0.455. The van der Waals surface area contributed by atoms with Crippen LogP contribution in [-0.4, -0.2) is 46.0 Å². The molecule has 2 heterocycles. The van der Waals surface area contributed by atoms with Gasteiger partial charge in [0.25, 0.3) is 0 Å². The van der Waals surface area contributed by atoms with Gasteiger partial charge in [0.2, 0.25) is 0 Å². The molecule has 1 saturated heterocycles. The number of halogens is 1. The smallest absolute Gasteiger partial charge is 0.307 e. The van der Waals surface area contributed by atoms with Crippen LogP contribution in [0.2, 0.25) is 0 Å². The Labute approximate surface area is 164 Å². The highest BCUT2D eigenvalue weighted by molar-refractivity contribution is 5.99. The van der Waals surface area contributed by atoms with Crippen LogP contribution in [0, 0.1) is 25.6 Å². The fourth-order valence-corrected chi connectivity index (χ4v) is 4.01. The number of carboxylic acid groups (broad SMARTS) is 1. The summed E-state index contributed by atoms with van der Waals surface area (Å²) in [5, 5.41) is 9.22. The zero-order valence-electron chi connectivity index (χ0n) is 16.4. The molecule has 3 rings (SSSR count). The maximum absolute atomic E-state index is 13.1. The molecule has 150 valence electrons. The van der Waals surface area contributed by atoms with Crippen LogP contribution in [0.3, 0.4) is 0 Å². The summed E-state index contributed by atoms with van der Waals surface area (Å²) in [6.07, 6.45) is 2.25. The van der Waals surface area contributed by atoms with Crippen molar-refractivity contribution in [2.75, 3.05) is 19.6 Å². The van der Waals surface area contributed by atoms with Crippen molar-refractivity contribution < 1.29 is 19.1 Å². The number of aryl methyl sites for hydroxylation is 2. The predicted molar refractivity (Wildman–Crippen MR) is 105 cm³/mol. The van der Waals surface area contributed by atoms with E-state index in [1.165, 1.54) is 12.1 Å². The van der Waals surface area contributed by atoms with Gasteiger partial charge in [-0.1, -0.05) is 12.1 Å². The van der Waals surface area contributed by atoms with Gasteiger partial charge >= 0.3 is 5.97 Å². The van der Waals surface area contributed by atoms with Crippen LogP contribution < -0.4 is 0 Å². The largest absolute Gasteiger partial charge is 0.481 e. The number of hydrogen-bond donors (Lipinski definition) is 1. The molecule has 1 atom stereocenters. The minimum atomic E-state index is -0.781. The Morgan fingerprint density at radius 3 is 2.61 bits per heavy atom. The van der Waals surface area contributed by atoms with Crippen LogP contribution in [0.5, 0.6) is 0 Å². The highest BCUT2D eigenvalue weighted by Gasteiger charge is 2.27. The average molecular weight is 386 g/mol. The number of hydrogen-bond acceptors (Lipinski definition) is 3. The minimum Gasteiger partial charge on any atom is -0.481 e. The normalized spacial score (nSPS) is 17.6. The zero-order chi connectivity index (χ0) is 20.3. The lowest BCUT2D eigenvalue weighted by atomic mass is 9.98. The summed E-state index contributed by atoms with van der Waals surface area (Å²) in [7, 11) is 0. The van der Waals surface area contributed by atoms with Crippen molar-refractivity contribution in [3.63, 3.8) is 0 Å². The molecule has 1 N–H and O–H groups in total. The molecule has 1 unspecified atom stereocenters. The molecule has 0 radical (unpaired) electrons. The van der Waals surface area contributed by atoms with E-state index >= 15 is 0 Å². The molecule has 0 spiro atoms. The Hall–Kier alpha value is -2.47. The second-order valence-electron chi connectivity index (χ2n) is 7.65. The molecule has 1 aliphatic rings. The molecule has 1 aromatic heterocycles. The second-order valence-corrected chi connectivity index (χ2v) is 7.65. The van der Waals surface area contributed by atoms with Gasteiger partial charge < -0.3 is 9.67 Å². The molecule has 0 bridgehead atoms. The van der Waals surface area contributed by atoms with Crippen molar-refractivity contribution in [2.24, 2.45) is 5.92 Å². The molecule has 5 nitrogen and oxygen atoms in total. The first-order chi connectivity index (χ1) is 13.3. The van der Waals surface area contributed by atoms with Crippen LogP contribution in [0.25, 0.3) is 0 Å². The molecule has 2 aromatic rings. The number of carbonyl (C=O) groups is 2. The third kappa shape index (κ3) is 4.68.